The molecule has 1 N–H and O–H groups in total. The van der Waals surface area contributed by atoms with E-state index in [0.29, 0.717) is 18.2 Å². The Morgan fingerprint density at radius 2 is 2.27 bits per heavy atom. The number of halogens is 2. The molecule has 0 spiro atoms. The fourth-order valence-corrected chi connectivity index (χ4v) is 2.08. The van der Waals surface area contributed by atoms with Gasteiger partial charge in [-0.2, -0.15) is 5.10 Å². The highest BCUT2D eigenvalue weighted by Gasteiger charge is 2.16. The van der Waals surface area contributed by atoms with E-state index in [1.54, 1.807) is 10.7 Å². The third-order valence-corrected chi connectivity index (χ3v) is 3.13. The van der Waals surface area contributed by atoms with Crippen LogP contribution in [0, 0.1) is 0 Å². The first-order valence-corrected chi connectivity index (χ1v) is 6.71. The predicted molar refractivity (Wildman–Crippen MR) is 70.5 cm³/mol. The Morgan fingerprint density at radius 1 is 1.41 bits per heavy atom. The lowest BCUT2D eigenvalue weighted by Crippen LogP contribution is -2.24. The Kier molecular flexibility index (Phi) is 3.94. The molecule has 3 heterocycles. The quantitative estimate of drug-likeness (QED) is 0.921. The Labute approximate surface area is 124 Å². The van der Waals surface area contributed by atoms with E-state index in [1.807, 2.05) is 0 Å². The maximum Gasteiger partial charge on any atom is 0.280 e. The highest BCUT2D eigenvalue weighted by Crippen LogP contribution is 2.18. The lowest BCUT2D eigenvalue weighted by Gasteiger charge is -2.13. The number of nitrogens with one attached hydrogen (secondary N) is 1. The summed E-state index contributed by atoms with van der Waals surface area (Å²) in [5, 5.41) is 6.87. The van der Waals surface area contributed by atoms with E-state index in [2.05, 4.69) is 20.4 Å². The molecule has 22 heavy (non-hydrogen) atoms. The Hall–Kier alpha value is -2.58. The van der Waals surface area contributed by atoms with Gasteiger partial charge in [0.25, 0.3) is 12.3 Å². The summed E-state index contributed by atoms with van der Waals surface area (Å²) in [7, 11) is 0. The molecule has 0 atom stereocenters. The van der Waals surface area contributed by atoms with E-state index in [9.17, 15) is 13.6 Å². The van der Waals surface area contributed by atoms with Crippen molar-refractivity contribution in [2.24, 2.45) is 0 Å². The van der Waals surface area contributed by atoms with Crippen LogP contribution in [0.3, 0.4) is 0 Å². The number of carbonyl (C=O) groups excluding carboxylic acids is 1. The van der Waals surface area contributed by atoms with Crippen LogP contribution in [-0.2, 0) is 13.1 Å². The Morgan fingerprint density at radius 3 is 3.05 bits per heavy atom. The van der Waals surface area contributed by atoms with Crippen LogP contribution in [0.1, 0.15) is 34.7 Å². The maximum absolute atomic E-state index is 12.5. The topological polar surface area (TPSA) is 81.9 Å². The van der Waals surface area contributed by atoms with E-state index < -0.39 is 18.0 Å². The van der Waals surface area contributed by atoms with Crippen LogP contribution in [0.2, 0.25) is 0 Å². The van der Waals surface area contributed by atoms with Gasteiger partial charge in [-0.1, -0.05) is 0 Å². The summed E-state index contributed by atoms with van der Waals surface area (Å²) in [6.45, 7) is 1.58. The van der Waals surface area contributed by atoms with Gasteiger partial charge in [0.15, 0.2) is 0 Å². The number of fused-ring (bicyclic) bond motifs is 1. The summed E-state index contributed by atoms with van der Waals surface area (Å²) in [4.78, 5) is 19.0. The normalized spacial score (nSPS) is 13.6. The summed E-state index contributed by atoms with van der Waals surface area (Å²) < 4.78 is 32.2. The number of amides is 1. The van der Waals surface area contributed by atoms with Gasteiger partial charge in [-0.15, -0.1) is 0 Å². The second-order valence-electron chi connectivity index (χ2n) is 4.71. The van der Waals surface area contributed by atoms with Crippen molar-refractivity contribution in [3.8, 4) is 5.88 Å². The van der Waals surface area contributed by atoms with Gasteiger partial charge in [-0.05, 0) is 6.07 Å². The third-order valence-electron chi connectivity index (χ3n) is 3.13. The molecular formula is C13H13F2N5O2. The average Bonchev–Trinajstić information content (AvgIpc) is 2.95. The second kappa shape index (κ2) is 6.04. The molecule has 1 aliphatic rings. The number of nitrogens with zero attached hydrogens (tertiary/aromatic N) is 4. The van der Waals surface area contributed by atoms with Gasteiger partial charge in [-0.3, -0.25) is 4.79 Å². The number of aryl methyl sites for hydroxylation is 1. The second-order valence-corrected chi connectivity index (χ2v) is 4.71. The van der Waals surface area contributed by atoms with Gasteiger partial charge in [0, 0.05) is 19.0 Å². The minimum absolute atomic E-state index is 0.106. The van der Waals surface area contributed by atoms with Crippen LogP contribution in [0.25, 0.3) is 0 Å². The lowest BCUT2D eigenvalue weighted by atomic mass is 10.3. The van der Waals surface area contributed by atoms with Gasteiger partial charge in [0.1, 0.15) is 17.7 Å². The molecule has 0 saturated carbocycles. The van der Waals surface area contributed by atoms with Crippen LogP contribution in [0.15, 0.2) is 18.5 Å². The average molecular weight is 309 g/mol. The fraction of sp³-hybridized carbons (Fsp3) is 0.385. The van der Waals surface area contributed by atoms with Gasteiger partial charge in [0.2, 0.25) is 5.88 Å². The van der Waals surface area contributed by atoms with E-state index in [0.717, 1.165) is 25.4 Å². The van der Waals surface area contributed by atoms with E-state index >= 15 is 0 Å². The predicted octanol–water partition coefficient (Wildman–Crippen LogP) is 1.32. The first-order chi connectivity index (χ1) is 10.6. The van der Waals surface area contributed by atoms with Crippen molar-refractivity contribution in [3.63, 3.8) is 0 Å². The molecule has 3 rings (SSSR count). The Bertz CT molecular complexity index is 665. The third kappa shape index (κ3) is 3.02. The van der Waals surface area contributed by atoms with Crippen LogP contribution in [0.4, 0.5) is 8.78 Å². The summed E-state index contributed by atoms with van der Waals surface area (Å²) in [6, 6.07) is 2.71. The first-order valence-electron chi connectivity index (χ1n) is 6.71. The summed E-state index contributed by atoms with van der Waals surface area (Å²) in [6.07, 6.45) is -0.913. The van der Waals surface area contributed by atoms with Gasteiger partial charge >= 0.3 is 0 Å². The smallest absolute Gasteiger partial charge is 0.280 e. The van der Waals surface area contributed by atoms with Crippen LogP contribution in [-0.4, -0.2) is 32.3 Å². The highest BCUT2D eigenvalue weighted by molar-refractivity contribution is 5.92. The Balaban J connectivity index is 1.64. The molecule has 0 radical (unpaired) electrons. The standard InChI is InChI=1S/C13H13F2N5O2/c14-12(15)9-5-10(18-7-17-9)13(21)16-6-8-4-11-20(19-8)2-1-3-22-11/h4-5,7,12H,1-3,6H2,(H,16,21). The van der Waals surface area contributed by atoms with Crippen molar-refractivity contribution >= 4 is 5.91 Å². The number of hydrogen-bond acceptors (Lipinski definition) is 5. The number of rotatable bonds is 4. The van der Waals surface area contributed by atoms with Crippen molar-refractivity contribution < 1.29 is 18.3 Å². The largest absolute Gasteiger partial charge is 0.478 e. The van der Waals surface area contributed by atoms with Gasteiger partial charge < -0.3 is 10.1 Å². The molecule has 1 amide bonds. The number of alkyl halides is 2. The molecular weight excluding hydrogens is 296 g/mol. The first kappa shape index (κ1) is 14.4. The molecule has 0 saturated heterocycles. The zero-order valence-electron chi connectivity index (χ0n) is 11.5. The molecule has 2 aromatic rings. The van der Waals surface area contributed by atoms with E-state index in [4.69, 9.17) is 4.74 Å². The zero-order valence-corrected chi connectivity index (χ0v) is 11.5. The van der Waals surface area contributed by atoms with Crippen molar-refractivity contribution in [3.05, 3.63) is 35.5 Å². The van der Waals surface area contributed by atoms with Gasteiger partial charge in [0.05, 0.1) is 18.8 Å². The van der Waals surface area contributed by atoms with Crippen molar-refractivity contribution in [1.29, 1.82) is 0 Å². The minimum atomic E-state index is -2.74. The fourth-order valence-electron chi connectivity index (χ4n) is 2.08. The summed E-state index contributed by atoms with van der Waals surface area (Å²) >= 11 is 0. The molecule has 116 valence electrons. The van der Waals surface area contributed by atoms with Crippen LogP contribution in [0.5, 0.6) is 5.88 Å². The summed E-state index contributed by atoms with van der Waals surface area (Å²) in [5.41, 5.74) is 0.0462. The number of carbonyl (C=O) groups is 1. The molecule has 0 fully saturated rings. The number of hydrogen-bond donors (Lipinski definition) is 1. The number of aromatic nitrogens is 4. The molecule has 7 nitrogen and oxygen atoms in total. The monoisotopic (exact) mass is 309 g/mol. The van der Waals surface area contributed by atoms with Crippen molar-refractivity contribution in [1.82, 2.24) is 25.1 Å². The van der Waals surface area contributed by atoms with Crippen LogP contribution < -0.4 is 10.1 Å². The van der Waals surface area contributed by atoms with E-state index in [1.165, 1.54) is 0 Å². The van der Waals surface area contributed by atoms with Crippen molar-refractivity contribution in [2.75, 3.05) is 6.61 Å². The highest BCUT2D eigenvalue weighted by atomic mass is 19.3. The minimum Gasteiger partial charge on any atom is -0.478 e. The summed E-state index contributed by atoms with van der Waals surface area (Å²) in [5.74, 6) is 0.105. The molecule has 1 aliphatic heterocycles. The lowest BCUT2D eigenvalue weighted by molar-refractivity contribution is 0.0944. The molecule has 0 aliphatic carbocycles. The molecule has 0 aromatic carbocycles. The maximum atomic E-state index is 12.5. The molecule has 2 aromatic heterocycles. The van der Waals surface area contributed by atoms with Crippen LogP contribution >= 0.6 is 0 Å². The van der Waals surface area contributed by atoms with Crippen molar-refractivity contribution in [2.45, 2.75) is 25.9 Å². The zero-order chi connectivity index (χ0) is 15.5. The number of ether oxygens (including phenoxy) is 1. The SMILES string of the molecule is O=C(NCc1cc2n(n1)CCCO2)c1cc(C(F)F)ncn1. The van der Waals surface area contributed by atoms with E-state index in [-0.39, 0.29) is 12.2 Å². The van der Waals surface area contributed by atoms with Gasteiger partial charge in [-0.25, -0.2) is 23.4 Å². The molecule has 0 bridgehead atoms. The molecule has 0 unspecified atom stereocenters. The molecule has 9 heteroatoms.